The summed E-state index contributed by atoms with van der Waals surface area (Å²) in [6.07, 6.45) is 7.45. The first-order valence-corrected chi connectivity index (χ1v) is 12.6. The van der Waals surface area contributed by atoms with Crippen LogP contribution in [0.1, 0.15) is 55.0 Å². The Morgan fingerprint density at radius 1 is 1.03 bits per heavy atom. The van der Waals surface area contributed by atoms with Crippen LogP contribution in [0.3, 0.4) is 0 Å². The van der Waals surface area contributed by atoms with E-state index in [0.29, 0.717) is 25.7 Å². The van der Waals surface area contributed by atoms with Crippen molar-refractivity contribution < 1.29 is 14.6 Å². The van der Waals surface area contributed by atoms with Crippen LogP contribution in [0.5, 0.6) is 5.75 Å². The predicted molar refractivity (Wildman–Crippen MR) is 134 cm³/mol. The van der Waals surface area contributed by atoms with Crippen LogP contribution in [0.15, 0.2) is 72.9 Å². The van der Waals surface area contributed by atoms with Gasteiger partial charge in [0.05, 0.1) is 17.9 Å². The number of rotatable bonds is 8. The summed E-state index contributed by atoms with van der Waals surface area (Å²) in [4.78, 5) is 4.37. The van der Waals surface area contributed by atoms with Gasteiger partial charge in [-0.25, -0.2) is 0 Å². The summed E-state index contributed by atoms with van der Waals surface area (Å²) in [5, 5.41) is 11.3. The molecule has 4 nitrogen and oxygen atoms in total. The van der Waals surface area contributed by atoms with Gasteiger partial charge in [0.25, 0.3) is 0 Å². The highest BCUT2D eigenvalue weighted by Crippen LogP contribution is 2.54. The first-order chi connectivity index (χ1) is 16.6. The summed E-state index contributed by atoms with van der Waals surface area (Å²) in [6.45, 7) is 3.55. The molecule has 178 valence electrons. The number of fused-ring (bicyclic) bond motifs is 3. The summed E-state index contributed by atoms with van der Waals surface area (Å²) in [6, 6.07) is 23.4. The van der Waals surface area contributed by atoms with Gasteiger partial charge in [0, 0.05) is 18.2 Å². The van der Waals surface area contributed by atoms with Gasteiger partial charge in [-0.2, -0.15) is 0 Å². The molecule has 1 heterocycles. The minimum atomic E-state index is -0.718. The Balaban J connectivity index is 1.44. The molecule has 34 heavy (non-hydrogen) atoms. The fourth-order valence-electron chi connectivity index (χ4n) is 6.18. The third kappa shape index (κ3) is 4.75. The summed E-state index contributed by atoms with van der Waals surface area (Å²) in [5.74, 6) is 1.33. The lowest BCUT2D eigenvalue weighted by Crippen LogP contribution is -2.52. The Kier molecular flexibility index (Phi) is 6.71. The predicted octanol–water partition coefficient (Wildman–Crippen LogP) is 5.66. The molecule has 1 N–H and O–H groups in total. The number of pyridine rings is 1. The molecule has 0 radical (unpaired) electrons. The van der Waals surface area contributed by atoms with Crippen LogP contribution in [0.25, 0.3) is 0 Å². The smallest absolute Gasteiger partial charge is 0.130 e. The van der Waals surface area contributed by atoms with E-state index >= 15 is 0 Å². The Labute approximate surface area is 203 Å². The number of aromatic nitrogens is 1. The average Bonchev–Trinajstić information content (AvgIpc) is 2.88. The zero-order valence-electron chi connectivity index (χ0n) is 20.1. The summed E-state index contributed by atoms with van der Waals surface area (Å²) >= 11 is 0. The maximum Gasteiger partial charge on any atom is 0.130 e. The first-order valence-electron chi connectivity index (χ1n) is 12.6. The van der Waals surface area contributed by atoms with Crippen molar-refractivity contribution in [1.82, 2.24) is 4.98 Å². The lowest BCUT2D eigenvalue weighted by molar-refractivity contribution is -0.0990. The number of hydrogen-bond acceptors (Lipinski definition) is 4. The molecule has 2 aliphatic carbocycles. The van der Waals surface area contributed by atoms with Crippen LogP contribution in [0.4, 0.5) is 0 Å². The zero-order valence-corrected chi connectivity index (χ0v) is 20.1. The molecule has 3 aromatic rings. The van der Waals surface area contributed by atoms with Crippen LogP contribution in [0, 0.1) is 5.92 Å². The van der Waals surface area contributed by atoms with Crippen molar-refractivity contribution >= 4 is 0 Å². The van der Waals surface area contributed by atoms with E-state index in [9.17, 15) is 5.11 Å². The second kappa shape index (κ2) is 9.89. The molecule has 1 fully saturated rings. The Hall–Kier alpha value is -2.69. The quantitative estimate of drug-likeness (QED) is 0.475. The Morgan fingerprint density at radius 2 is 1.88 bits per heavy atom. The molecule has 3 atom stereocenters. The fourth-order valence-corrected chi connectivity index (χ4v) is 6.18. The second-order valence-electron chi connectivity index (χ2n) is 10.0. The van der Waals surface area contributed by atoms with Crippen LogP contribution in [-0.4, -0.2) is 28.9 Å². The van der Waals surface area contributed by atoms with Crippen molar-refractivity contribution in [3.05, 3.63) is 95.3 Å². The van der Waals surface area contributed by atoms with Crippen molar-refractivity contribution in [3.63, 3.8) is 0 Å². The molecule has 2 aromatic carbocycles. The Bertz CT molecular complexity index is 1090. The molecular weight excluding hydrogens is 422 g/mol. The summed E-state index contributed by atoms with van der Waals surface area (Å²) in [5.41, 5.74) is 4.45. The molecule has 0 bridgehead atoms. The van der Waals surface area contributed by atoms with Gasteiger partial charge in [-0.3, -0.25) is 4.98 Å². The standard InChI is InChI=1S/C30H35NO3/c1-2-33-22-29(32)15-16-30(19-23-8-4-3-5-9-23)25(20-29)12-11-24-18-27(13-14-28(24)30)34-21-26-10-6-7-17-31-26/h3-10,13-14,17-18,25,32H,2,11-12,15-16,19-22H2,1H3/t25-,29-,30+/m1/s1. The average molecular weight is 458 g/mol. The third-order valence-corrected chi connectivity index (χ3v) is 7.87. The van der Waals surface area contributed by atoms with Gasteiger partial charge >= 0.3 is 0 Å². The van der Waals surface area contributed by atoms with Crippen LogP contribution >= 0.6 is 0 Å². The SMILES string of the molecule is CCOC[C@@]1(O)CC[C@@]2(Cc3ccccc3)c3ccc(OCc4ccccn4)cc3CC[C@@H]2C1. The molecule has 1 saturated carbocycles. The zero-order chi connectivity index (χ0) is 23.4. The molecular formula is C30H35NO3. The minimum Gasteiger partial charge on any atom is -0.487 e. The van der Waals surface area contributed by atoms with Gasteiger partial charge in [0.15, 0.2) is 0 Å². The summed E-state index contributed by atoms with van der Waals surface area (Å²) in [7, 11) is 0. The van der Waals surface area contributed by atoms with E-state index in [1.54, 1.807) is 6.20 Å². The molecule has 0 saturated heterocycles. The van der Waals surface area contributed by atoms with Gasteiger partial charge in [-0.05, 0) is 92.3 Å². The van der Waals surface area contributed by atoms with Crippen LogP contribution in [-0.2, 0) is 29.6 Å². The van der Waals surface area contributed by atoms with E-state index < -0.39 is 5.60 Å². The molecule has 5 rings (SSSR count). The minimum absolute atomic E-state index is 0.0346. The molecule has 1 aromatic heterocycles. The van der Waals surface area contributed by atoms with Crippen molar-refractivity contribution in [1.29, 1.82) is 0 Å². The molecule has 2 aliphatic rings. The van der Waals surface area contributed by atoms with Crippen molar-refractivity contribution in [2.45, 2.75) is 63.1 Å². The van der Waals surface area contributed by atoms with E-state index in [4.69, 9.17) is 9.47 Å². The van der Waals surface area contributed by atoms with Gasteiger partial charge in [-0.15, -0.1) is 0 Å². The molecule has 0 amide bonds. The van der Waals surface area contributed by atoms with E-state index in [-0.39, 0.29) is 5.41 Å². The highest BCUT2D eigenvalue weighted by Gasteiger charge is 2.51. The third-order valence-electron chi connectivity index (χ3n) is 7.87. The highest BCUT2D eigenvalue weighted by molar-refractivity contribution is 5.45. The molecule has 0 unspecified atom stereocenters. The number of nitrogens with zero attached hydrogens (tertiary/aromatic N) is 1. The largest absolute Gasteiger partial charge is 0.487 e. The fraction of sp³-hybridized carbons (Fsp3) is 0.433. The van der Waals surface area contributed by atoms with Crippen LogP contribution < -0.4 is 4.74 Å². The van der Waals surface area contributed by atoms with Gasteiger partial charge < -0.3 is 14.6 Å². The maximum atomic E-state index is 11.3. The highest BCUT2D eigenvalue weighted by atomic mass is 16.5. The summed E-state index contributed by atoms with van der Waals surface area (Å²) < 4.78 is 11.8. The van der Waals surface area contributed by atoms with Gasteiger partial charge in [-0.1, -0.05) is 42.5 Å². The van der Waals surface area contributed by atoms with E-state index in [0.717, 1.165) is 50.0 Å². The number of hydrogen-bond donors (Lipinski definition) is 1. The maximum absolute atomic E-state index is 11.3. The van der Waals surface area contributed by atoms with Crippen LogP contribution in [0.2, 0.25) is 0 Å². The van der Waals surface area contributed by atoms with Gasteiger partial charge in [0.1, 0.15) is 12.4 Å². The molecule has 0 spiro atoms. The van der Waals surface area contributed by atoms with Crippen molar-refractivity contribution in [2.75, 3.05) is 13.2 Å². The Morgan fingerprint density at radius 3 is 2.68 bits per heavy atom. The number of aryl methyl sites for hydroxylation is 1. The first kappa shape index (κ1) is 23.1. The molecule has 4 heteroatoms. The normalized spacial score (nSPS) is 25.9. The number of ether oxygens (including phenoxy) is 2. The van der Waals surface area contributed by atoms with Gasteiger partial charge in [0.2, 0.25) is 0 Å². The lowest BCUT2D eigenvalue weighted by atomic mass is 9.52. The number of benzene rings is 2. The molecule has 0 aliphatic heterocycles. The topological polar surface area (TPSA) is 51.6 Å². The number of aliphatic hydroxyl groups is 1. The van der Waals surface area contributed by atoms with Crippen molar-refractivity contribution in [2.24, 2.45) is 5.92 Å². The lowest BCUT2D eigenvalue weighted by Gasteiger charge is -2.53. The second-order valence-corrected chi connectivity index (χ2v) is 10.0. The van der Waals surface area contributed by atoms with Crippen molar-refractivity contribution in [3.8, 4) is 5.75 Å². The van der Waals surface area contributed by atoms with E-state index in [2.05, 4.69) is 53.5 Å². The van der Waals surface area contributed by atoms with E-state index in [1.807, 2.05) is 25.1 Å². The monoisotopic (exact) mass is 457 g/mol. The van der Waals surface area contributed by atoms with E-state index in [1.165, 1.54) is 16.7 Å².